The van der Waals surface area contributed by atoms with Crippen molar-refractivity contribution >= 4 is 11.3 Å². The van der Waals surface area contributed by atoms with Crippen molar-refractivity contribution in [3.05, 3.63) is 57.8 Å². The van der Waals surface area contributed by atoms with Gasteiger partial charge in [0.25, 0.3) is 0 Å². The van der Waals surface area contributed by atoms with Crippen molar-refractivity contribution in [1.29, 1.82) is 0 Å². The van der Waals surface area contributed by atoms with Crippen LogP contribution in [-0.4, -0.2) is 0 Å². The Labute approximate surface area is 114 Å². The van der Waals surface area contributed by atoms with Gasteiger partial charge in [0.05, 0.1) is 5.56 Å². The molecule has 102 valence electrons. The lowest BCUT2D eigenvalue weighted by atomic mass is 10.1. The normalized spacial score (nSPS) is 13.5. The Kier molecular flexibility index (Phi) is 4.27. The maximum absolute atomic E-state index is 12.6. The summed E-state index contributed by atoms with van der Waals surface area (Å²) < 4.78 is 37.7. The fourth-order valence-corrected chi connectivity index (χ4v) is 2.53. The topological polar surface area (TPSA) is 12.0 Å². The van der Waals surface area contributed by atoms with E-state index in [1.807, 2.05) is 24.4 Å². The van der Waals surface area contributed by atoms with E-state index in [1.54, 1.807) is 17.4 Å². The van der Waals surface area contributed by atoms with E-state index in [4.69, 9.17) is 0 Å². The van der Waals surface area contributed by atoms with Crippen LogP contribution < -0.4 is 5.32 Å². The number of hydrogen-bond donors (Lipinski definition) is 1. The van der Waals surface area contributed by atoms with Crippen LogP contribution >= 0.6 is 11.3 Å². The second kappa shape index (κ2) is 5.75. The Morgan fingerprint density at radius 3 is 2.63 bits per heavy atom. The molecule has 0 aliphatic carbocycles. The molecule has 2 aromatic rings. The summed E-state index contributed by atoms with van der Waals surface area (Å²) in [6, 6.07) is 9.52. The van der Waals surface area contributed by atoms with Crippen LogP contribution in [0.4, 0.5) is 13.2 Å². The molecule has 1 aromatic carbocycles. The van der Waals surface area contributed by atoms with Gasteiger partial charge in [0.2, 0.25) is 0 Å². The number of halogens is 3. The fraction of sp³-hybridized carbons (Fsp3) is 0.286. The van der Waals surface area contributed by atoms with Crippen LogP contribution in [-0.2, 0) is 12.7 Å². The van der Waals surface area contributed by atoms with Crippen molar-refractivity contribution < 1.29 is 13.2 Å². The van der Waals surface area contributed by atoms with Crippen LogP contribution in [0.3, 0.4) is 0 Å². The minimum Gasteiger partial charge on any atom is -0.305 e. The third-order valence-electron chi connectivity index (χ3n) is 2.84. The molecule has 1 N–H and O–H groups in total. The minimum atomic E-state index is -4.28. The predicted molar refractivity (Wildman–Crippen MR) is 71.0 cm³/mol. The summed E-state index contributed by atoms with van der Waals surface area (Å²) in [4.78, 5) is 1.17. The van der Waals surface area contributed by atoms with Crippen molar-refractivity contribution in [2.24, 2.45) is 0 Å². The summed E-state index contributed by atoms with van der Waals surface area (Å²) in [6.07, 6.45) is -4.28. The van der Waals surface area contributed by atoms with Gasteiger partial charge >= 0.3 is 6.18 Å². The Hall–Kier alpha value is -1.33. The fourth-order valence-electron chi connectivity index (χ4n) is 1.77. The van der Waals surface area contributed by atoms with Gasteiger partial charge in [0.1, 0.15) is 0 Å². The summed E-state index contributed by atoms with van der Waals surface area (Å²) in [5.41, 5.74) is 0.0359. The quantitative estimate of drug-likeness (QED) is 0.864. The van der Waals surface area contributed by atoms with Crippen molar-refractivity contribution in [2.75, 3.05) is 0 Å². The highest BCUT2D eigenvalue weighted by molar-refractivity contribution is 7.10. The molecule has 0 aliphatic heterocycles. The number of alkyl halides is 3. The second-order valence-electron chi connectivity index (χ2n) is 4.32. The maximum atomic E-state index is 12.6. The van der Waals surface area contributed by atoms with Crippen molar-refractivity contribution in [3.63, 3.8) is 0 Å². The smallest absolute Gasteiger partial charge is 0.305 e. The summed E-state index contributed by atoms with van der Waals surface area (Å²) >= 11 is 1.63. The maximum Gasteiger partial charge on any atom is 0.416 e. The largest absolute Gasteiger partial charge is 0.416 e. The summed E-state index contributed by atoms with van der Waals surface area (Å²) in [5, 5.41) is 5.21. The molecule has 1 nitrogen and oxygen atoms in total. The molecule has 1 heterocycles. The molecule has 0 bridgehead atoms. The number of benzene rings is 1. The van der Waals surface area contributed by atoms with Gasteiger partial charge in [-0.3, -0.25) is 0 Å². The predicted octanol–water partition coefficient (Wildman–Crippen LogP) is 4.62. The van der Waals surface area contributed by atoms with E-state index in [0.29, 0.717) is 12.1 Å². The molecule has 0 saturated heterocycles. The second-order valence-corrected chi connectivity index (χ2v) is 5.30. The van der Waals surface area contributed by atoms with E-state index in [0.717, 1.165) is 6.07 Å². The lowest BCUT2D eigenvalue weighted by molar-refractivity contribution is -0.137. The molecule has 1 aromatic heterocycles. The van der Waals surface area contributed by atoms with Gasteiger partial charge < -0.3 is 5.32 Å². The molecule has 0 radical (unpaired) electrons. The van der Waals surface area contributed by atoms with Crippen LogP contribution in [0.5, 0.6) is 0 Å². The van der Waals surface area contributed by atoms with E-state index in [2.05, 4.69) is 5.32 Å². The summed E-state index contributed by atoms with van der Waals surface area (Å²) in [7, 11) is 0. The average molecular weight is 285 g/mol. The molecular formula is C14H14F3NS. The first-order valence-corrected chi connectivity index (χ1v) is 6.77. The molecule has 19 heavy (non-hydrogen) atoms. The zero-order valence-corrected chi connectivity index (χ0v) is 11.2. The first-order valence-electron chi connectivity index (χ1n) is 5.90. The molecule has 0 amide bonds. The minimum absolute atomic E-state index is 0.134. The molecule has 0 saturated carbocycles. The molecule has 1 atom stereocenters. The van der Waals surface area contributed by atoms with Crippen molar-refractivity contribution in [2.45, 2.75) is 25.7 Å². The third-order valence-corrected chi connectivity index (χ3v) is 3.89. The van der Waals surface area contributed by atoms with Gasteiger partial charge in [-0.25, -0.2) is 0 Å². The lowest BCUT2D eigenvalue weighted by Crippen LogP contribution is -2.17. The first kappa shape index (κ1) is 14.1. The van der Waals surface area contributed by atoms with Crippen molar-refractivity contribution in [1.82, 2.24) is 5.32 Å². The zero-order chi connectivity index (χ0) is 13.9. The Morgan fingerprint density at radius 1 is 1.21 bits per heavy atom. The number of rotatable bonds is 4. The van der Waals surface area contributed by atoms with Crippen LogP contribution in [0, 0.1) is 0 Å². The third kappa shape index (κ3) is 3.81. The Balaban J connectivity index is 2.00. The molecule has 5 heteroatoms. The SMILES string of the molecule is C[C@H](NCc1cccc(C(F)(F)F)c1)c1cccs1. The van der Waals surface area contributed by atoms with E-state index in [1.165, 1.54) is 17.0 Å². The highest BCUT2D eigenvalue weighted by Gasteiger charge is 2.30. The van der Waals surface area contributed by atoms with E-state index in [9.17, 15) is 13.2 Å². The van der Waals surface area contributed by atoms with Gasteiger partial charge in [-0.1, -0.05) is 24.3 Å². The van der Waals surface area contributed by atoms with Crippen molar-refractivity contribution in [3.8, 4) is 0 Å². The lowest BCUT2D eigenvalue weighted by Gasteiger charge is -2.13. The monoisotopic (exact) mass is 285 g/mol. The van der Waals surface area contributed by atoms with E-state index in [-0.39, 0.29) is 6.04 Å². The van der Waals surface area contributed by atoms with Crippen LogP contribution in [0.15, 0.2) is 41.8 Å². The zero-order valence-electron chi connectivity index (χ0n) is 10.4. The number of hydrogen-bond acceptors (Lipinski definition) is 2. The standard InChI is InChI=1S/C14H14F3NS/c1-10(13-6-3-7-19-13)18-9-11-4-2-5-12(8-11)14(15,16)17/h2-8,10,18H,9H2,1H3/t10-/m0/s1. The van der Waals surface area contributed by atoms with Gasteiger partial charge in [-0.15, -0.1) is 11.3 Å². The van der Waals surface area contributed by atoms with Gasteiger partial charge in [-0.2, -0.15) is 13.2 Å². The van der Waals surface area contributed by atoms with Crippen LogP contribution in [0.1, 0.15) is 29.0 Å². The van der Waals surface area contributed by atoms with Gasteiger partial charge in [0.15, 0.2) is 0 Å². The Bertz CT molecular complexity index is 520. The average Bonchev–Trinajstić information content (AvgIpc) is 2.89. The summed E-state index contributed by atoms with van der Waals surface area (Å²) in [5.74, 6) is 0. The van der Waals surface area contributed by atoms with Gasteiger partial charge in [-0.05, 0) is 30.0 Å². The van der Waals surface area contributed by atoms with Crippen LogP contribution in [0.2, 0.25) is 0 Å². The molecule has 0 aliphatic rings. The highest BCUT2D eigenvalue weighted by Crippen LogP contribution is 2.29. The molecule has 0 fully saturated rings. The van der Waals surface area contributed by atoms with Crippen LogP contribution in [0.25, 0.3) is 0 Å². The molecule has 0 spiro atoms. The molecule has 0 unspecified atom stereocenters. The number of nitrogens with one attached hydrogen (secondary N) is 1. The van der Waals surface area contributed by atoms with Gasteiger partial charge in [0, 0.05) is 17.5 Å². The molecule has 2 rings (SSSR count). The molecular weight excluding hydrogens is 271 g/mol. The summed E-state index contributed by atoms with van der Waals surface area (Å²) in [6.45, 7) is 2.42. The van der Waals surface area contributed by atoms with E-state index < -0.39 is 11.7 Å². The first-order chi connectivity index (χ1) is 8.97. The Morgan fingerprint density at radius 2 is 2.00 bits per heavy atom. The van der Waals surface area contributed by atoms with E-state index >= 15 is 0 Å². The highest BCUT2D eigenvalue weighted by atomic mass is 32.1. The number of thiophene rings is 1.